The lowest BCUT2D eigenvalue weighted by Crippen LogP contribution is -2.19. The second kappa shape index (κ2) is 6.83. The van der Waals surface area contributed by atoms with E-state index < -0.39 is 0 Å². The lowest BCUT2D eigenvalue weighted by atomic mass is 10.0. The molecule has 0 spiro atoms. The molecule has 0 unspecified atom stereocenters. The van der Waals surface area contributed by atoms with E-state index in [0.717, 1.165) is 11.1 Å². The highest BCUT2D eigenvalue weighted by Gasteiger charge is 2.16. The number of halogens is 1. The summed E-state index contributed by atoms with van der Waals surface area (Å²) >= 11 is 6.37. The van der Waals surface area contributed by atoms with Crippen LogP contribution in [0.2, 0.25) is 0 Å². The van der Waals surface area contributed by atoms with Crippen LogP contribution in [0.25, 0.3) is 11.4 Å². The Morgan fingerprint density at radius 1 is 0.727 bits per heavy atom. The van der Waals surface area contributed by atoms with Gasteiger partial charge in [0.15, 0.2) is 0 Å². The molecule has 112 valence electrons. The molecular weight excluding hydrogens is 296 g/mol. The predicted molar refractivity (Wildman–Crippen MR) is 92.9 cm³/mol. The Morgan fingerprint density at radius 3 is 1.55 bits per heavy atom. The van der Waals surface area contributed by atoms with Crippen molar-refractivity contribution in [2.75, 3.05) is 0 Å². The maximum Gasteiger partial charge on any atom is 0.126 e. The lowest BCUT2D eigenvalue weighted by Gasteiger charge is -2.13. The molecule has 0 saturated carbocycles. The Morgan fingerprint density at radius 2 is 1.14 bits per heavy atom. The molecule has 0 aliphatic heterocycles. The molecule has 0 saturated heterocycles. The van der Waals surface area contributed by atoms with E-state index in [4.69, 9.17) is 34.2 Å². The average Bonchev–Trinajstić information content (AvgIpc) is 2.55. The van der Waals surface area contributed by atoms with Crippen LogP contribution in [0.15, 0.2) is 71.3 Å². The van der Waals surface area contributed by atoms with E-state index in [2.05, 4.69) is 0 Å². The Kier molecular flexibility index (Phi) is 4.86. The summed E-state index contributed by atoms with van der Waals surface area (Å²) in [4.78, 5) is 0. The number of nitrogens with two attached hydrogens (primary N) is 3. The molecule has 0 fully saturated rings. The zero-order valence-electron chi connectivity index (χ0n) is 11.9. The minimum atomic E-state index is -0.231. The van der Waals surface area contributed by atoms with Gasteiger partial charge >= 0.3 is 0 Å². The molecule has 0 heterocycles. The van der Waals surface area contributed by atoms with Crippen molar-refractivity contribution in [2.45, 2.75) is 0 Å². The molecule has 0 amide bonds. The molecular formula is C17H17ClN4. The van der Waals surface area contributed by atoms with Crippen molar-refractivity contribution < 1.29 is 0 Å². The van der Waals surface area contributed by atoms with E-state index in [9.17, 15) is 0 Å². The highest BCUT2D eigenvalue weighted by Crippen LogP contribution is 2.27. The fourth-order valence-electron chi connectivity index (χ4n) is 2.02. The summed E-state index contributed by atoms with van der Waals surface area (Å²) in [5.74, 6) is -0.231. The van der Waals surface area contributed by atoms with Gasteiger partial charge in [-0.05, 0) is 11.1 Å². The Labute approximate surface area is 134 Å². The second-order valence-corrected chi connectivity index (χ2v) is 5.04. The van der Waals surface area contributed by atoms with Crippen LogP contribution in [0.4, 0.5) is 0 Å². The third-order valence-electron chi connectivity index (χ3n) is 3.16. The van der Waals surface area contributed by atoms with Gasteiger partial charge in [-0.25, -0.2) is 0 Å². The first-order chi connectivity index (χ1) is 10.5. The Balaban J connectivity index is 2.60. The Bertz CT molecular complexity index is 734. The molecule has 2 aromatic carbocycles. The highest BCUT2D eigenvalue weighted by molar-refractivity contribution is 6.39. The van der Waals surface area contributed by atoms with E-state index >= 15 is 0 Å². The zero-order valence-corrected chi connectivity index (χ0v) is 12.6. The number of rotatable bonds is 4. The van der Waals surface area contributed by atoms with Crippen LogP contribution in [0.5, 0.6) is 0 Å². The summed E-state index contributed by atoms with van der Waals surface area (Å²) in [6.07, 6.45) is 0. The average molecular weight is 313 g/mol. The van der Waals surface area contributed by atoms with Crippen molar-refractivity contribution in [3.63, 3.8) is 0 Å². The molecule has 0 bridgehead atoms. The molecule has 0 atom stereocenters. The fraction of sp³-hybridized carbons (Fsp3) is 0. The fourth-order valence-corrected chi connectivity index (χ4v) is 2.34. The summed E-state index contributed by atoms with van der Waals surface area (Å²) in [6, 6.07) is 18.4. The van der Waals surface area contributed by atoms with Crippen LogP contribution in [0, 0.1) is 5.41 Å². The van der Waals surface area contributed by atoms with Crippen molar-refractivity contribution in [3.05, 3.63) is 82.4 Å². The SMILES string of the molecule is N=C(N)C(=C(N)c1ccccc1)/C(Cl)=C(\N)c1ccccc1. The monoisotopic (exact) mass is 312 g/mol. The first kappa shape index (κ1) is 15.7. The number of benzene rings is 2. The minimum Gasteiger partial charge on any atom is -0.398 e. The van der Waals surface area contributed by atoms with E-state index in [-0.39, 0.29) is 16.4 Å². The molecule has 22 heavy (non-hydrogen) atoms. The molecule has 2 rings (SSSR count). The lowest BCUT2D eigenvalue weighted by molar-refractivity contribution is 1.39. The summed E-state index contributed by atoms with van der Waals surface area (Å²) < 4.78 is 0. The zero-order chi connectivity index (χ0) is 16.1. The minimum absolute atomic E-state index is 0.167. The third-order valence-corrected chi connectivity index (χ3v) is 3.56. The van der Waals surface area contributed by atoms with Gasteiger partial charge in [0.2, 0.25) is 0 Å². The van der Waals surface area contributed by atoms with Crippen molar-refractivity contribution in [1.29, 1.82) is 5.41 Å². The van der Waals surface area contributed by atoms with Crippen LogP contribution in [0.1, 0.15) is 11.1 Å². The van der Waals surface area contributed by atoms with E-state index in [1.54, 1.807) is 0 Å². The van der Waals surface area contributed by atoms with Crippen molar-refractivity contribution in [3.8, 4) is 0 Å². The van der Waals surface area contributed by atoms with Crippen molar-refractivity contribution in [2.24, 2.45) is 17.2 Å². The number of nitrogens with one attached hydrogen (secondary N) is 1. The van der Waals surface area contributed by atoms with Crippen molar-refractivity contribution >= 4 is 28.8 Å². The second-order valence-electron chi connectivity index (χ2n) is 4.66. The molecule has 0 radical (unpaired) electrons. The topological polar surface area (TPSA) is 102 Å². The van der Waals surface area contributed by atoms with Crippen LogP contribution in [-0.2, 0) is 0 Å². The van der Waals surface area contributed by atoms with Gasteiger partial charge in [-0.1, -0.05) is 72.3 Å². The van der Waals surface area contributed by atoms with Gasteiger partial charge in [0, 0.05) is 0 Å². The maximum atomic E-state index is 7.78. The quantitative estimate of drug-likeness (QED) is 0.396. The molecule has 7 N–H and O–H groups in total. The van der Waals surface area contributed by atoms with Crippen LogP contribution < -0.4 is 17.2 Å². The number of amidine groups is 1. The van der Waals surface area contributed by atoms with Gasteiger partial charge < -0.3 is 17.2 Å². The van der Waals surface area contributed by atoms with Crippen LogP contribution in [-0.4, -0.2) is 5.84 Å². The summed E-state index contributed by atoms with van der Waals surface area (Å²) in [5.41, 5.74) is 20.2. The van der Waals surface area contributed by atoms with Gasteiger partial charge in [0.05, 0.1) is 22.0 Å². The summed E-state index contributed by atoms with van der Waals surface area (Å²) in [5, 5.41) is 7.95. The van der Waals surface area contributed by atoms with Gasteiger partial charge in [0.1, 0.15) is 5.84 Å². The van der Waals surface area contributed by atoms with Gasteiger partial charge in [-0.2, -0.15) is 0 Å². The smallest absolute Gasteiger partial charge is 0.126 e. The van der Waals surface area contributed by atoms with Crippen molar-refractivity contribution in [1.82, 2.24) is 0 Å². The first-order valence-corrected chi connectivity index (χ1v) is 7.00. The normalized spacial score (nSPS) is 13.1. The standard InChI is InChI=1S/C17H17ClN4/c18-14(16(20)12-9-5-2-6-10-12)13(17(21)22)15(19)11-7-3-1-4-8-11/h1-10H,19-20H2,(H3,21,22)/b15-13?,16-14+. The van der Waals surface area contributed by atoms with E-state index in [1.807, 2.05) is 60.7 Å². The molecule has 2 aromatic rings. The first-order valence-electron chi connectivity index (χ1n) is 6.63. The molecule has 0 aliphatic carbocycles. The van der Waals surface area contributed by atoms with Crippen LogP contribution >= 0.6 is 11.6 Å². The largest absolute Gasteiger partial charge is 0.398 e. The summed E-state index contributed by atoms with van der Waals surface area (Å²) in [6.45, 7) is 0. The number of hydrogen-bond acceptors (Lipinski definition) is 3. The molecule has 0 aromatic heterocycles. The third kappa shape index (κ3) is 3.30. The maximum absolute atomic E-state index is 7.78. The van der Waals surface area contributed by atoms with Crippen LogP contribution in [0.3, 0.4) is 0 Å². The van der Waals surface area contributed by atoms with Gasteiger partial charge in [-0.15, -0.1) is 0 Å². The van der Waals surface area contributed by atoms with Gasteiger partial charge in [-0.3, -0.25) is 5.41 Å². The van der Waals surface area contributed by atoms with Gasteiger partial charge in [0.25, 0.3) is 0 Å². The molecule has 4 nitrogen and oxygen atoms in total. The highest BCUT2D eigenvalue weighted by atomic mass is 35.5. The Hall–Kier alpha value is -2.72. The van der Waals surface area contributed by atoms with E-state index in [1.165, 1.54) is 0 Å². The molecule has 0 aliphatic rings. The molecule has 5 heteroatoms. The predicted octanol–water partition coefficient (Wildman–Crippen LogP) is 2.86. The summed E-state index contributed by atoms with van der Waals surface area (Å²) in [7, 11) is 0. The van der Waals surface area contributed by atoms with E-state index in [0.29, 0.717) is 11.4 Å². The number of hydrogen-bond donors (Lipinski definition) is 4.